The van der Waals surface area contributed by atoms with Crippen LogP contribution in [-0.2, 0) is 15.7 Å². The number of piperidine rings is 1. The Morgan fingerprint density at radius 1 is 1.35 bits per heavy atom. The van der Waals surface area contributed by atoms with E-state index in [9.17, 15) is 18.0 Å². The molecule has 1 aliphatic rings. The number of carbonyl (C=O) groups is 1. The SMILES string of the molecule is COC(=O)C1CCNC(c2ccccc2C(F)(F)F)C1. The van der Waals surface area contributed by atoms with Gasteiger partial charge in [0.1, 0.15) is 0 Å². The molecule has 6 heteroatoms. The van der Waals surface area contributed by atoms with Crippen LogP contribution in [-0.4, -0.2) is 19.6 Å². The maximum Gasteiger partial charge on any atom is 0.416 e. The van der Waals surface area contributed by atoms with E-state index in [-0.39, 0.29) is 17.5 Å². The molecule has 2 unspecified atom stereocenters. The van der Waals surface area contributed by atoms with E-state index in [1.807, 2.05) is 0 Å². The highest BCUT2D eigenvalue weighted by atomic mass is 19.4. The van der Waals surface area contributed by atoms with Gasteiger partial charge in [-0.05, 0) is 31.0 Å². The van der Waals surface area contributed by atoms with E-state index in [1.165, 1.54) is 19.2 Å². The van der Waals surface area contributed by atoms with Crippen molar-refractivity contribution in [2.24, 2.45) is 5.92 Å². The van der Waals surface area contributed by atoms with E-state index in [4.69, 9.17) is 0 Å². The van der Waals surface area contributed by atoms with Crippen molar-refractivity contribution in [1.29, 1.82) is 0 Å². The van der Waals surface area contributed by atoms with Crippen molar-refractivity contribution in [3.63, 3.8) is 0 Å². The first-order valence-corrected chi connectivity index (χ1v) is 6.41. The smallest absolute Gasteiger partial charge is 0.416 e. The summed E-state index contributed by atoms with van der Waals surface area (Å²) in [5.41, 5.74) is -0.461. The minimum Gasteiger partial charge on any atom is -0.469 e. The quantitative estimate of drug-likeness (QED) is 0.850. The number of hydrogen-bond donors (Lipinski definition) is 1. The molecule has 1 aromatic carbocycles. The Balaban J connectivity index is 2.26. The van der Waals surface area contributed by atoms with E-state index in [0.29, 0.717) is 19.4 Å². The van der Waals surface area contributed by atoms with Crippen LogP contribution >= 0.6 is 0 Å². The third-order valence-corrected chi connectivity index (χ3v) is 3.58. The molecule has 1 heterocycles. The van der Waals surface area contributed by atoms with Crippen molar-refractivity contribution in [3.8, 4) is 0 Å². The lowest BCUT2D eigenvalue weighted by atomic mass is 9.87. The van der Waals surface area contributed by atoms with E-state index in [0.717, 1.165) is 6.07 Å². The number of ether oxygens (including phenoxy) is 1. The van der Waals surface area contributed by atoms with Gasteiger partial charge in [0.25, 0.3) is 0 Å². The van der Waals surface area contributed by atoms with Crippen molar-refractivity contribution in [2.45, 2.75) is 25.1 Å². The van der Waals surface area contributed by atoms with Crippen LogP contribution in [0.5, 0.6) is 0 Å². The van der Waals surface area contributed by atoms with Crippen LogP contribution in [0.1, 0.15) is 30.0 Å². The van der Waals surface area contributed by atoms with Crippen LogP contribution in [0.4, 0.5) is 13.2 Å². The minimum absolute atomic E-state index is 0.189. The van der Waals surface area contributed by atoms with E-state index >= 15 is 0 Å². The number of benzene rings is 1. The summed E-state index contributed by atoms with van der Waals surface area (Å²) in [6, 6.07) is 4.99. The van der Waals surface area contributed by atoms with Crippen molar-refractivity contribution in [2.75, 3.05) is 13.7 Å². The standard InChI is InChI=1S/C14H16F3NO2/c1-20-13(19)9-6-7-18-12(8-9)10-4-2-3-5-11(10)14(15,16)17/h2-5,9,12,18H,6-8H2,1H3. The molecule has 20 heavy (non-hydrogen) atoms. The molecule has 110 valence electrons. The predicted octanol–water partition coefficient (Wildman–Crippen LogP) is 2.92. The summed E-state index contributed by atoms with van der Waals surface area (Å²) in [6.07, 6.45) is -3.49. The summed E-state index contributed by atoms with van der Waals surface area (Å²) in [5.74, 6) is -0.714. The van der Waals surface area contributed by atoms with Gasteiger partial charge in [0.2, 0.25) is 0 Å². The fourth-order valence-corrected chi connectivity index (χ4v) is 2.59. The number of rotatable bonds is 2. The highest BCUT2D eigenvalue weighted by Crippen LogP contribution is 2.37. The Hall–Kier alpha value is -1.56. The Morgan fingerprint density at radius 2 is 2.05 bits per heavy atom. The molecule has 0 spiro atoms. The van der Waals surface area contributed by atoms with Gasteiger partial charge in [0.05, 0.1) is 18.6 Å². The first-order valence-electron chi connectivity index (χ1n) is 6.41. The van der Waals surface area contributed by atoms with Gasteiger partial charge in [-0.1, -0.05) is 18.2 Å². The van der Waals surface area contributed by atoms with Gasteiger partial charge in [-0.2, -0.15) is 13.2 Å². The summed E-state index contributed by atoms with van der Waals surface area (Å²) < 4.78 is 43.7. The second kappa shape index (κ2) is 5.83. The zero-order valence-electron chi connectivity index (χ0n) is 11.0. The van der Waals surface area contributed by atoms with Gasteiger partial charge in [-0.15, -0.1) is 0 Å². The number of hydrogen-bond acceptors (Lipinski definition) is 3. The summed E-state index contributed by atoms with van der Waals surface area (Å²) >= 11 is 0. The van der Waals surface area contributed by atoms with Gasteiger partial charge < -0.3 is 10.1 Å². The summed E-state index contributed by atoms with van der Waals surface area (Å²) in [4.78, 5) is 11.6. The lowest BCUT2D eigenvalue weighted by Crippen LogP contribution is -2.36. The molecule has 2 atom stereocenters. The average molecular weight is 287 g/mol. The number of carbonyl (C=O) groups excluding carboxylic acids is 1. The van der Waals surface area contributed by atoms with Crippen molar-refractivity contribution in [1.82, 2.24) is 5.32 Å². The van der Waals surface area contributed by atoms with Gasteiger partial charge in [-0.25, -0.2) is 0 Å². The molecule has 0 bridgehead atoms. The van der Waals surface area contributed by atoms with Crippen molar-refractivity contribution < 1.29 is 22.7 Å². The Labute approximate surface area is 115 Å². The largest absolute Gasteiger partial charge is 0.469 e. The van der Waals surface area contributed by atoms with E-state index < -0.39 is 17.8 Å². The third-order valence-electron chi connectivity index (χ3n) is 3.58. The molecular formula is C14H16F3NO2. The highest BCUT2D eigenvalue weighted by molar-refractivity contribution is 5.72. The van der Waals surface area contributed by atoms with Gasteiger partial charge in [0, 0.05) is 6.04 Å². The molecule has 0 aliphatic carbocycles. The molecule has 0 amide bonds. The summed E-state index contributed by atoms with van der Waals surface area (Å²) in [5, 5.41) is 3.05. The molecule has 0 radical (unpaired) electrons. The molecule has 0 saturated carbocycles. The number of esters is 1. The van der Waals surface area contributed by atoms with Gasteiger partial charge in [-0.3, -0.25) is 4.79 Å². The van der Waals surface area contributed by atoms with Crippen LogP contribution in [0.2, 0.25) is 0 Å². The Bertz CT molecular complexity index is 488. The molecular weight excluding hydrogens is 271 g/mol. The molecule has 1 saturated heterocycles. The second-order valence-corrected chi connectivity index (χ2v) is 4.84. The number of methoxy groups -OCH3 is 1. The Kier molecular flexibility index (Phi) is 4.32. The fourth-order valence-electron chi connectivity index (χ4n) is 2.59. The zero-order valence-corrected chi connectivity index (χ0v) is 11.0. The molecule has 3 nitrogen and oxygen atoms in total. The molecule has 1 aliphatic heterocycles. The van der Waals surface area contributed by atoms with Crippen LogP contribution in [0.15, 0.2) is 24.3 Å². The van der Waals surface area contributed by atoms with Crippen LogP contribution in [0, 0.1) is 5.92 Å². The highest BCUT2D eigenvalue weighted by Gasteiger charge is 2.37. The first kappa shape index (κ1) is 14.8. The maximum atomic E-state index is 13.0. The first-order chi connectivity index (χ1) is 9.43. The zero-order chi connectivity index (χ0) is 14.8. The lowest BCUT2D eigenvalue weighted by molar-refractivity contribution is -0.146. The molecule has 1 aromatic rings. The lowest BCUT2D eigenvalue weighted by Gasteiger charge is -2.30. The number of alkyl halides is 3. The maximum absolute atomic E-state index is 13.0. The third kappa shape index (κ3) is 3.12. The van der Waals surface area contributed by atoms with E-state index in [2.05, 4.69) is 10.1 Å². The molecule has 0 aromatic heterocycles. The summed E-state index contributed by atoms with van der Waals surface area (Å²) in [7, 11) is 1.29. The normalized spacial score (nSPS) is 23.4. The number of halogens is 3. The van der Waals surface area contributed by atoms with Crippen LogP contribution < -0.4 is 5.32 Å². The average Bonchev–Trinajstić information content (AvgIpc) is 2.45. The molecule has 2 rings (SSSR count). The fraction of sp³-hybridized carbons (Fsp3) is 0.500. The van der Waals surface area contributed by atoms with Gasteiger partial charge >= 0.3 is 12.1 Å². The second-order valence-electron chi connectivity index (χ2n) is 4.84. The van der Waals surface area contributed by atoms with Crippen LogP contribution in [0.3, 0.4) is 0 Å². The predicted molar refractivity (Wildman–Crippen MR) is 66.9 cm³/mol. The molecule has 1 N–H and O–H groups in total. The summed E-state index contributed by atoms with van der Waals surface area (Å²) in [6.45, 7) is 0.497. The Morgan fingerprint density at radius 3 is 2.70 bits per heavy atom. The monoisotopic (exact) mass is 287 g/mol. The van der Waals surface area contributed by atoms with Gasteiger partial charge in [0.15, 0.2) is 0 Å². The van der Waals surface area contributed by atoms with Crippen molar-refractivity contribution >= 4 is 5.97 Å². The number of nitrogens with one attached hydrogen (secondary N) is 1. The topological polar surface area (TPSA) is 38.3 Å². The van der Waals surface area contributed by atoms with E-state index in [1.54, 1.807) is 6.07 Å². The molecule has 1 fully saturated rings. The van der Waals surface area contributed by atoms with Crippen molar-refractivity contribution in [3.05, 3.63) is 35.4 Å². The minimum atomic E-state index is -4.39. The van der Waals surface area contributed by atoms with Crippen LogP contribution in [0.25, 0.3) is 0 Å².